The van der Waals surface area contributed by atoms with Gasteiger partial charge in [0.2, 0.25) is 5.75 Å². The molecule has 146 valence electrons. The van der Waals surface area contributed by atoms with E-state index in [1.165, 1.54) is 46.6 Å². The van der Waals surface area contributed by atoms with Crippen molar-refractivity contribution in [1.82, 2.24) is 4.98 Å². The van der Waals surface area contributed by atoms with Gasteiger partial charge in [-0.1, -0.05) is 17.9 Å². The van der Waals surface area contributed by atoms with Gasteiger partial charge in [-0.2, -0.15) is 0 Å². The van der Waals surface area contributed by atoms with E-state index >= 15 is 0 Å². The van der Waals surface area contributed by atoms with Crippen LogP contribution in [0.4, 0.5) is 0 Å². The van der Waals surface area contributed by atoms with Crippen molar-refractivity contribution in [3.63, 3.8) is 0 Å². The fourth-order valence-electron chi connectivity index (χ4n) is 3.01. The Morgan fingerprint density at radius 2 is 1.61 bits per heavy atom. The normalized spacial score (nSPS) is 10.6. The Morgan fingerprint density at radius 1 is 0.929 bits per heavy atom. The number of benzene rings is 2. The predicted octanol–water partition coefficient (Wildman–Crippen LogP) is 2.71. The lowest BCUT2D eigenvalue weighted by Crippen LogP contribution is -2.04. The molecule has 0 radical (unpaired) electrons. The van der Waals surface area contributed by atoms with Crippen LogP contribution in [0, 0.1) is 0 Å². The van der Waals surface area contributed by atoms with Gasteiger partial charge in [0.05, 0.1) is 50.6 Å². The largest absolute Gasteiger partial charge is 0.870 e. The number of carboxylic acid groups (broad SMARTS) is 1. The second-order valence-electron chi connectivity index (χ2n) is 5.77. The van der Waals surface area contributed by atoms with E-state index in [0.717, 1.165) is 0 Å². The second-order valence-corrected chi connectivity index (χ2v) is 5.77. The molecule has 0 fully saturated rings. The molecule has 8 nitrogen and oxygen atoms in total. The van der Waals surface area contributed by atoms with E-state index in [-0.39, 0.29) is 33.9 Å². The van der Waals surface area contributed by atoms with Crippen molar-refractivity contribution in [1.29, 1.82) is 0 Å². The summed E-state index contributed by atoms with van der Waals surface area (Å²) in [7, 11) is 5.70. The van der Waals surface area contributed by atoms with Crippen molar-refractivity contribution in [2.45, 2.75) is 0 Å². The number of rotatable bonds is 6. The number of nitrogens with zero attached hydrogens (tertiary/aromatic N) is 1. The number of carboxylic acids is 1. The number of aromatic carboxylic acids is 1. The number of pyridine rings is 1. The summed E-state index contributed by atoms with van der Waals surface area (Å²) >= 11 is 0. The third kappa shape index (κ3) is 3.09. The Kier molecular flexibility index (Phi) is 5.12. The van der Waals surface area contributed by atoms with Gasteiger partial charge in [-0.25, -0.2) is 9.78 Å². The highest BCUT2D eigenvalue weighted by Crippen LogP contribution is 2.45. The smallest absolute Gasteiger partial charge is 0.336 e. The summed E-state index contributed by atoms with van der Waals surface area (Å²) in [4.78, 5) is 16.5. The molecule has 0 spiro atoms. The van der Waals surface area contributed by atoms with Crippen molar-refractivity contribution in [3.05, 3.63) is 35.9 Å². The molecule has 2 aromatic carbocycles. The van der Waals surface area contributed by atoms with Crippen LogP contribution in [-0.4, -0.2) is 44.5 Å². The number of methoxy groups -OCH3 is 4. The molecular weight excluding hydrogens is 366 g/mol. The van der Waals surface area contributed by atoms with Gasteiger partial charge >= 0.3 is 5.97 Å². The Bertz CT molecular complexity index is 1060. The third-order valence-electron chi connectivity index (χ3n) is 4.29. The predicted molar refractivity (Wildman–Crippen MR) is 99.8 cm³/mol. The Morgan fingerprint density at radius 3 is 2.18 bits per heavy atom. The van der Waals surface area contributed by atoms with Crippen LogP contribution in [0.1, 0.15) is 10.4 Å². The van der Waals surface area contributed by atoms with Crippen LogP contribution in [0.2, 0.25) is 0 Å². The second kappa shape index (κ2) is 7.51. The fourth-order valence-corrected chi connectivity index (χ4v) is 3.01. The fraction of sp³-hybridized carbons (Fsp3) is 0.200. The molecule has 0 saturated heterocycles. The first-order valence-corrected chi connectivity index (χ1v) is 8.17. The van der Waals surface area contributed by atoms with Crippen molar-refractivity contribution in [2.75, 3.05) is 28.4 Å². The van der Waals surface area contributed by atoms with Crippen LogP contribution in [-0.2, 0) is 0 Å². The molecule has 8 heteroatoms. The highest BCUT2D eigenvalue weighted by atomic mass is 16.5. The number of carbonyl (C=O) groups is 1. The van der Waals surface area contributed by atoms with Gasteiger partial charge in [0.1, 0.15) is 5.75 Å². The zero-order valence-electron chi connectivity index (χ0n) is 15.7. The number of ether oxygens (including phenoxy) is 4. The summed E-state index contributed by atoms with van der Waals surface area (Å²) in [5.74, 6) is -0.473. The van der Waals surface area contributed by atoms with Gasteiger partial charge in [0.15, 0.2) is 11.5 Å². The maximum atomic E-state index is 12.0. The van der Waals surface area contributed by atoms with Crippen LogP contribution < -0.4 is 24.1 Å². The molecule has 0 amide bonds. The summed E-state index contributed by atoms with van der Waals surface area (Å²) in [6.07, 6.45) is 0. The number of hydrogen-bond acceptors (Lipinski definition) is 7. The summed E-state index contributed by atoms with van der Waals surface area (Å²) in [6, 6.07) is 7.41. The summed E-state index contributed by atoms with van der Waals surface area (Å²) in [6.45, 7) is 0. The van der Waals surface area contributed by atoms with Crippen molar-refractivity contribution in [3.8, 4) is 40.0 Å². The summed E-state index contributed by atoms with van der Waals surface area (Å²) in [5, 5.41) is 21.8. The molecule has 0 bridgehead atoms. The van der Waals surface area contributed by atoms with E-state index in [4.69, 9.17) is 18.9 Å². The van der Waals surface area contributed by atoms with E-state index < -0.39 is 5.97 Å². The molecule has 0 aliphatic rings. The van der Waals surface area contributed by atoms with Crippen LogP contribution >= 0.6 is 0 Å². The Labute approximate surface area is 160 Å². The molecule has 1 N–H and O–H groups in total. The van der Waals surface area contributed by atoms with E-state index in [2.05, 4.69) is 4.98 Å². The minimum absolute atomic E-state index is 0.0250. The quantitative estimate of drug-likeness (QED) is 0.691. The molecular formula is C20H18NO7-. The first-order valence-electron chi connectivity index (χ1n) is 8.17. The van der Waals surface area contributed by atoms with Crippen molar-refractivity contribution < 1.29 is 34.0 Å². The van der Waals surface area contributed by atoms with E-state index in [1.807, 2.05) is 0 Å². The average Bonchev–Trinajstić information content (AvgIpc) is 2.71. The lowest BCUT2D eigenvalue weighted by atomic mass is 10.0. The molecule has 1 heterocycles. The SMILES string of the molecule is COc1cc(-c2cc(C(=O)O)c3c(OC)c(OC)c(OC)cc3n2)ccc1[O-]. The minimum atomic E-state index is -1.16. The topological polar surface area (TPSA) is 110 Å². The van der Waals surface area contributed by atoms with Crippen LogP contribution in [0.15, 0.2) is 30.3 Å². The minimum Gasteiger partial charge on any atom is -0.870 e. The summed E-state index contributed by atoms with van der Waals surface area (Å²) in [5.41, 5.74) is 1.21. The molecule has 0 unspecified atom stereocenters. The van der Waals surface area contributed by atoms with Gasteiger partial charge in [-0.15, -0.1) is 0 Å². The maximum Gasteiger partial charge on any atom is 0.336 e. The zero-order valence-corrected chi connectivity index (χ0v) is 15.7. The molecule has 0 saturated carbocycles. The molecule has 3 aromatic rings. The van der Waals surface area contributed by atoms with Gasteiger partial charge in [0.25, 0.3) is 0 Å². The van der Waals surface area contributed by atoms with Crippen LogP contribution in [0.25, 0.3) is 22.2 Å². The van der Waals surface area contributed by atoms with Crippen LogP contribution in [0.5, 0.6) is 28.7 Å². The van der Waals surface area contributed by atoms with Crippen molar-refractivity contribution in [2.24, 2.45) is 0 Å². The lowest BCUT2D eigenvalue weighted by Gasteiger charge is -2.17. The number of aromatic nitrogens is 1. The first kappa shape index (κ1) is 19.1. The van der Waals surface area contributed by atoms with E-state index in [9.17, 15) is 15.0 Å². The molecule has 0 atom stereocenters. The Balaban J connectivity index is 2.38. The highest BCUT2D eigenvalue weighted by Gasteiger charge is 2.23. The maximum absolute atomic E-state index is 12.0. The van der Waals surface area contributed by atoms with Crippen LogP contribution in [0.3, 0.4) is 0 Å². The molecule has 1 aromatic heterocycles. The van der Waals surface area contributed by atoms with Gasteiger partial charge in [0, 0.05) is 11.6 Å². The van der Waals surface area contributed by atoms with Crippen molar-refractivity contribution >= 4 is 16.9 Å². The average molecular weight is 384 g/mol. The highest BCUT2D eigenvalue weighted by molar-refractivity contribution is 6.08. The molecule has 3 rings (SSSR count). The number of hydrogen-bond donors (Lipinski definition) is 1. The first-order chi connectivity index (χ1) is 13.4. The standard InChI is InChI=1S/C20H19NO7/c1-25-15-7-10(5-6-14(15)22)12-8-11(20(23)24)17-13(21-12)9-16(26-2)18(27-3)19(17)28-4/h5-9,22H,1-4H3,(H,23,24)/p-1. The van der Waals surface area contributed by atoms with E-state index in [1.54, 1.807) is 12.1 Å². The van der Waals surface area contributed by atoms with E-state index in [0.29, 0.717) is 22.5 Å². The zero-order chi connectivity index (χ0) is 20.4. The third-order valence-corrected chi connectivity index (χ3v) is 4.29. The molecule has 0 aliphatic heterocycles. The monoisotopic (exact) mass is 384 g/mol. The number of fused-ring (bicyclic) bond motifs is 1. The van der Waals surface area contributed by atoms with Gasteiger partial charge in [-0.05, 0) is 12.1 Å². The molecule has 0 aliphatic carbocycles. The van der Waals surface area contributed by atoms with Gasteiger partial charge in [-0.3, -0.25) is 0 Å². The van der Waals surface area contributed by atoms with Gasteiger partial charge < -0.3 is 29.2 Å². The Hall–Kier alpha value is -3.68. The molecule has 28 heavy (non-hydrogen) atoms. The lowest BCUT2D eigenvalue weighted by molar-refractivity contribution is -0.270. The summed E-state index contributed by atoms with van der Waals surface area (Å²) < 4.78 is 21.1.